The monoisotopic (exact) mass is 608 g/mol. The van der Waals surface area contributed by atoms with Crippen molar-refractivity contribution in [2.45, 2.75) is 62.9 Å². The number of fused-ring (bicyclic) bond motifs is 1. The second kappa shape index (κ2) is 11.7. The molecule has 3 aromatic rings. The van der Waals surface area contributed by atoms with Gasteiger partial charge in [0.15, 0.2) is 0 Å². The lowest BCUT2D eigenvalue weighted by Crippen LogP contribution is -2.45. The van der Waals surface area contributed by atoms with Crippen molar-refractivity contribution >= 4 is 27.6 Å². The molecule has 1 aliphatic rings. The molecular formula is C28H31F3N4O6S. The van der Waals surface area contributed by atoms with Gasteiger partial charge in [-0.05, 0) is 62.7 Å². The highest BCUT2D eigenvalue weighted by molar-refractivity contribution is 7.92. The van der Waals surface area contributed by atoms with Gasteiger partial charge >= 0.3 is 12.1 Å². The zero-order valence-electron chi connectivity index (χ0n) is 23.4. The summed E-state index contributed by atoms with van der Waals surface area (Å²) in [5.74, 6) is -0.895. The molecule has 0 unspecified atom stereocenters. The molecule has 1 aliphatic heterocycles. The van der Waals surface area contributed by atoms with E-state index in [1.54, 1.807) is 50.8 Å². The number of aromatic nitrogens is 2. The minimum absolute atomic E-state index is 0.0265. The summed E-state index contributed by atoms with van der Waals surface area (Å²) in [6.45, 7) is 4.91. The van der Waals surface area contributed by atoms with Crippen molar-refractivity contribution in [2.75, 3.05) is 10.8 Å². The maximum Gasteiger partial charge on any atom is 0.416 e. The first kappa shape index (κ1) is 30.9. The molecule has 1 atom stereocenters. The van der Waals surface area contributed by atoms with Crippen molar-refractivity contribution in [1.29, 1.82) is 0 Å². The predicted octanol–water partition coefficient (Wildman–Crippen LogP) is 3.99. The molecule has 0 saturated carbocycles. The van der Waals surface area contributed by atoms with Gasteiger partial charge < -0.3 is 14.8 Å². The van der Waals surface area contributed by atoms with Crippen molar-refractivity contribution in [3.63, 3.8) is 0 Å². The van der Waals surface area contributed by atoms with E-state index in [1.165, 1.54) is 12.1 Å². The molecule has 10 nitrogen and oxygen atoms in total. The van der Waals surface area contributed by atoms with Gasteiger partial charge in [-0.1, -0.05) is 12.1 Å². The summed E-state index contributed by atoms with van der Waals surface area (Å²) in [7, 11) is -2.83. The van der Waals surface area contributed by atoms with Crippen LogP contribution in [0.4, 0.5) is 18.9 Å². The van der Waals surface area contributed by atoms with Gasteiger partial charge in [0.1, 0.15) is 17.5 Å². The first-order valence-corrected chi connectivity index (χ1v) is 14.4. The fraction of sp³-hybridized carbons (Fsp3) is 0.393. The largest absolute Gasteiger partial charge is 0.486 e. The number of sulfonamides is 1. The van der Waals surface area contributed by atoms with E-state index in [4.69, 9.17) is 9.47 Å². The summed E-state index contributed by atoms with van der Waals surface area (Å²) in [5, 5.41) is 6.88. The lowest BCUT2D eigenvalue weighted by molar-refractivity contribution is -0.154. The molecule has 0 bridgehead atoms. The third kappa shape index (κ3) is 7.60. The minimum Gasteiger partial charge on any atom is -0.486 e. The van der Waals surface area contributed by atoms with Crippen LogP contribution in [0.2, 0.25) is 0 Å². The number of aryl methyl sites for hydroxylation is 1. The van der Waals surface area contributed by atoms with E-state index in [1.807, 2.05) is 0 Å². The summed E-state index contributed by atoms with van der Waals surface area (Å²) in [5.41, 5.74) is -0.813. The standard InChI is InChI=1S/C28H31F3N4O6S/c1-27(2,3)41-26(37)13-18-8-9-24-23(12-18)35(42(38,39)22-7-5-6-19(14-22)28(29,30)31)17-21(40-24)15-25(36)32-16-20-10-11-34(4)33-20/h5-12,14,21H,13,15-17H2,1-4H3,(H,32,36)/t21-/m0/s1. The van der Waals surface area contributed by atoms with Gasteiger partial charge in [0.05, 0.1) is 47.8 Å². The zero-order valence-corrected chi connectivity index (χ0v) is 24.3. The first-order chi connectivity index (χ1) is 19.5. The van der Waals surface area contributed by atoms with Gasteiger partial charge in [-0.25, -0.2) is 8.42 Å². The average molecular weight is 609 g/mol. The zero-order chi connectivity index (χ0) is 30.9. The number of benzene rings is 2. The van der Waals surface area contributed by atoms with E-state index in [0.29, 0.717) is 17.3 Å². The quantitative estimate of drug-likeness (QED) is 0.384. The van der Waals surface area contributed by atoms with Gasteiger partial charge in [-0.2, -0.15) is 18.3 Å². The number of carbonyl (C=O) groups is 2. The number of nitrogens with zero attached hydrogens (tertiary/aromatic N) is 3. The van der Waals surface area contributed by atoms with Crippen molar-refractivity contribution in [3.8, 4) is 5.75 Å². The molecule has 42 heavy (non-hydrogen) atoms. The van der Waals surface area contributed by atoms with Gasteiger partial charge in [-0.3, -0.25) is 18.6 Å². The van der Waals surface area contributed by atoms with Crippen molar-refractivity contribution in [2.24, 2.45) is 7.05 Å². The molecular weight excluding hydrogens is 577 g/mol. The van der Waals surface area contributed by atoms with E-state index in [0.717, 1.165) is 22.5 Å². The Morgan fingerprint density at radius 2 is 1.86 bits per heavy atom. The van der Waals surface area contributed by atoms with Crippen LogP contribution in [0.15, 0.2) is 59.6 Å². The van der Waals surface area contributed by atoms with Crippen LogP contribution in [0.25, 0.3) is 0 Å². The second-order valence-corrected chi connectivity index (χ2v) is 12.7. The number of rotatable bonds is 8. The molecule has 0 fully saturated rings. The van der Waals surface area contributed by atoms with E-state index >= 15 is 0 Å². The van der Waals surface area contributed by atoms with Crippen LogP contribution in [-0.4, -0.2) is 48.3 Å². The highest BCUT2D eigenvalue weighted by atomic mass is 32.2. The van der Waals surface area contributed by atoms with E-state index in [9.17, 15) is 31.2 Å². The van der Waals surface area contributed by atoms with Gasteiger partial charge in [0.2, 0.25) is 5.91 Å². The topological polar surface area (TPSA) is 120 Å². The molecule has 1 aromatic heterocycles. The molecule has 2 aromatic carbocycles. The molecule has 1 amide bonds. The van der Waals surface area contributed by atoms with Crippen LogP contribution in [0.5, 0.6) is 5.75 Å². The Labute approximate surface area is 241 Å². The van der Waals surface area contributed by atoms with E-state index in [-0.39, 0.29) is 37.4 Å². The first-order valence-electron chi connectivity index (χ1n) is 13.0. The van der Waals surface area contributed by atoms with Crippen LogP contribution in [0.1, 0.15) is 44.0 Å². The summed E-state index contributed by atoms with van der Waals surface area (Å²) in [4.78, 5) is 24.5. The highest BCUT2D eigenvalue weighted by Crippen LogP contribution is 2.39. The van der Waals surface area contributed by atoms with Crippen LogP contribution < -0.4 is 14.4 Å². The predicted molar refractivity (Wildman–Crippen MR) is 146 cm³/mol. The third-order valence-electron chi connectivity index (χ3n) is 6.12. The summed E-state index contributed by atoms with van der Waals surface area (Å²) < 4.78 is 81.6. The average Bonchev–Trinajstić information content (AvgIpc) is 3.30. The Balaban J connectivity index is 1.64. The number of halogens is 3. The summed E-state index contributed by atoms with van der Waals surface area (Å²) >= 11 is 0. The number of ether oxygens (including phenoxy) is 2. The third-order valence-corrected chi connectivity index (χ3v) is 7.90. The summed E-state index contributed by atoms with van der Waals surface area (Å²) in [6, 6.07) is 9.58. The van der Waals surface area contributed by atoms with Gasteiger partial charge in [0.25, 0.3) is 10.0 Å². The summed E-state index contributed by atoms with van der Waals surface area (Å²) in [6.07, 6.45) is -4.42. The Hall–Kier alpha value is -4.07. The molecule has 4 rings (SSSR count). The highest BCUT2D eigenvalue weighted by Gasteiger charge is 2.38. The smallest absolute Gasteiger partial charge is 0.416 e. The Kier molecular flexibility index (Phi) is 8.58. The minimum atomic E-state index is -4.76. The Morgan fingerprint density at radius 3 is 2.50 bits per heavy atom. The molecule has 0 spiro atoms. The number of nitrogens with one attached hydrogen (secondary N) is 1. The fourth-order valence-corrected chi connectivity index (χ4v) is 5.88. The SMILES string of the molecule is Cn1ccc(CNC(=O)C[C@H]2CN(S(=O)(=O)c3cccc(C(F)(F)F)c3)c3cc(CC(=O)OC(C)(C)C)ccc3O2)n1. The normalized spacial score (nSPS) is 15.5. The number of carbonyl (C=O) groups excluding carboxylic acids is 2. The molecule has 0 aliphatic carbocycles. The van der Waals surface area contributed by atoms with Crippen LogP contribution in [0.3, 0.4) is 0 Å². The van der Waals surface area contributed by atoms with Gasteiger partial charge in [0, 0.05) is 13.2 Å². The maximum atomic E-state index is 13.8. The van der Waals surface area contributed by atoms with E-state index in [2.05, 4.69) is 10.4 Å². The fourth-order valence-electron chi connectivity index (χ4n) is 4.33. The second-order valence-electron chi connectivity index (χ2n) is 10.8. The number of esters is 1. The molecule has 2 heterocycles. The maximum absolute atomic E-state index is 13.8. The van der Waals surface area contributed by atoms with Crippen LogP contribution >= 0.6 is 0 Å². The van der Waals surface area contributed by atoms with Crippen LogP contribution in [0, 0.1) is 0 Å². The molecule has 0 saturated heterocycles. The van der Waals surface area contributed by atoms with Crippen molar-refractivity contribution < 1.29 is 40.7 Å². The molecule has 14 heteroatoms. The molecule has 0 radical (unpaired) electrons. The van der Waals surface area contributed by atoms with Crippen molar-refractivity contribution in [3.05, 3.63) is 71.5 Å². The number of amides is 1. The molecule has 226 valence electrons. The number of hydrogen-bond donors (Lipinski definition) is 1. The lowest BCUT2D eigenvalue weighted by Gasteiger charge is -2.35. The number of alkyl halides is 3. The van der Waals surface area contributed by atoms with Crippen molar-refractivity contribution in [1.82, 2.24) is 15.1 Å². The van der Waals surface area contributed by atoms with E-state index < -0.39 is 50.2 Å². The number of hydrogen-bond acceptors (Lipinski definition) is 7. The lowest BCUT2D eigenvalue weighted by atomic mass is 10.1. The number of anilines is 1. The Bertz CT molecular complexity index is 1580. The van der Waals surface area contributed by atoms with Gasteiger partial charge in [-0.15, -0.1) is 0 Å². The Morgan fingerprint density at radius 1 is 1.12 bits per heavy atom. The molecule has 1 N–H and O–H groups in total. The van der Waals surface area contributed by atoms with Crippen LogP contribution in [-0.2, 0) is 50.5 Å².